The van der Waals surface area contributed by atoms with Crippen LogP contribution >= 0.6 is 0 Å². The Labute approximate surface area is 120 Å². The average Bonchev–Trinajstić information content (AvgIpc) is 2.32. The van der Waals surface area contributed by atoms with E-state index in [1.165, 1.54) is 32.1 Å². The quantitative estimate of drug-likeness (QED) is 0.427. The number of nitrogens with zero attached hydrogens (tertiary/aromatic N) is 1. The fourth-order valence-corrected chi connectivity index (χ4v) is 2.05. The van der Waals surface area contributed by atoms with Crippen molar-refractivity contribution in [1.29, 1.82) is 0 Å². The van der Waals surface area contributed by atoms with Crippen LogP contribution in [0.15, 0.2) is 0 Å². The second kappa shape index (κ2) is 11.3. The van der Waals surface area contributed by atoms with Crippen molar-refractivity contribution in [2.45, 2.75) is 64.7 Å². The van der Waals surface area contributed by atoms with Crippen LogP contribution in [0.25, 0.3) is 0 Å². The van der Waals surface area contributed by atoms with Gasteiger partial charge in [-0.3, -0.25) is 4.79 Å². The molecule has 0 heterocycles. The zero-order valence-electron chi connectivity index (χ0n) is 13.3. The standard InChI is InChI=1S/C16H34N2O/c1-5-6-7-8-9-11-14-17-16(19)13-10-12-15-18(2,3)4/h2,5-15H2,1,3-4H3,(H,17,19)/q+1. The van der Waals surface area contributed by atoms with Gasteiger partial charge in [0.15, 0.2) is 0 Å². The summed E-state index contributed by atoms with van der Waals surface area (Å²) in [5.41, 5.74) is 0. The molecule has 0 fully saturated rings. The lowest BCUT2D eigenvalue weighted by atomic mass is 10.1. The number of rotatable bonds is 12. The topological polar surface area (TPSA) is 29.1 Å². The van der Waals surface area contributed by atoms with Crippen molar-refractivity contribution in [3.8, 4) is 0 Å². The van der Waals surface area contributed by atoms with E-state index in [1.54, 1.807) is 0 Å². The third kappa shape index (κ3) is 15.4. The van der Waals surface area contributed by atoms with Crippen molar-refractivity contribution in [3.63, 3.8) is 0 Å². The summed E-state index contributed by atoms with van der Waals surface area (Å²) in [6.07, 6.45) is 10.3. The summed E-state index contributed by atoms with van der Waals surface area (Å²) in [6.45, 7) is 4.11. The Morgan fingerprint density at radius 2 is 1.63 bits per heavy atom. The molecule has 0 aromatic carbocycles. The summed E-state index contributed by atoms with van der Waals surface area (Å²) < 4.78 is 0.735. The minimum absolute atomic E-state index is 0.211. The molecule has 113 valence electrons. The molecule has 1 N–H and O–H groups in total. The van der Waals surface area contributed by atoms with Crippen LogP contribution in [-0.2, 0) is 4.79 Å². The number of hydrogen-bond acceptors (Lipinski definition) is 1. The van der Waals surface area contributed by atoms with Gasteiger partial charge in [0.05, 0.1) is 20.6 Å². The van der Waals surface area contributed by atoms with Gasteiger partial charge in [-0.2, -0.15) is 0 Å². The molecule has 0 saturated heterocycles. The molecule has 1 amide bonds. The molecule has 0 saturated carbocycles. The van der Waals surface area contributed by atoms with E-state index < -0.39 is 0 Å². The molecular weight excluding hydrogens is 236 g/mol. The fraction of sp³-hybridized carbons (Fsp3) is 0.875. The van der Waals surface area contributed by atoms with E-state index in [0.29, 0.717) is 6.42 Å². The first-order valence-electron chi connectivity index (χ1n) is 7.90. The molecule has 0 aliphatic rings. The first kappa shape index (κ1) is 18.4. The Morgan fingerprint density at radius 3 is 2.26 bits per heavy atom. The minimum atomic E-state index is 0.211. The second-order valence-electron chi connectivity index (χ2n) is 6.23. The van der Waals surface area contributed by atoms with E-state index >= 15 is 0 Å². The maximum atomic E-state index is 11.6. The third-order valence-electron chi connectivity index (χ3n) is 3.27. The van der Waals surface area contributed by atoms with Gasteiger partial charge in [-0.15, -0.1) is 0 Å². The van der Waals surface area contributed by atoms with E-state index in [4.69, 9.17) is 0 Å². The molecule has 0 unspecified atom stereocenters. The van der Waals surface area contributed by atoms with Crippen LogP contribution in [-0.4, -0.2) is 37.6 Å². The van der Waals surface area contributed by atoms with Crippen LogP contribution < -0.4 is 5.32 Å². The Balaban J connectivity index is 3.26. The first-order chi connectivity index (χ1) is 8.95. The van der Waals surface area contributed by atoms with Gasteiger partial charge < -0.3 is 9.80 Å². The summed E-state index contributed by atoms with van der Waals surface area (Å²) in [5, 5.41) is 3.01. The largest absolute Gasteiger partial charge is 0.356 e. The predicted molar refractivity (Wildman–Crippen MR) is 82.6 cm³/mol. The predicted octanol–water partition coefficient (Wildman–Crippen LogP) is 3.50. The molecule has 19 heavy (non-hydrogen) atoms. The summed E-state index contributed by atoms with van der Waals surface area (Å²) in [7, 11) is 8.18. The van der Waals surface area contributed by atoms with E-state index in [1.807, 2.05) is 0 Å². The normalized spacial score (nSPS) is 11.6. The Kier molecular flexibility index (Phi) is 10.9. The highest BCUT2D eigenvalue weighted by Crippen LogP contribution is 2.04. The van der Waals surface area contributed by atoms with E-state index in [9.17, 15) is 4.79 Å². The Bertz CT molecular complexity index is 221. The van der Waals surface area contributed by atoms with Crippen LogP contribution in [0, 0.1) is 7.05 Å². The van der Waals surface area contributed by atoms with Crippen molar-refractivity contribution in [3.05, 3.63) is 7.05 Å². The molecule has 0 rings (SSSR count). The Morgan fingerprint density at radius 1 is 1.00 bits per heavy atom. The molecule has 1 radical (unpaired) electrons. The lowest BCUT2D eigenvalue weighted by Gasteiger charge is -2.22. The Hall–Kier alpha value is -0.570. The highest BCUT2D eigenvalue weighted by molar-refractivity contribution is 5.75. The molecule has 0 atom stereocenters. The van der Waals surface area contributed by atoms with Crippen molar-refractivity contribution in [2.75, 3.05) is 27.2 Å². The first-order valence-corrected chi connectivity index (χ1v) is 7.90. The van der Waals surface area contributed by atoms with Gasteiger partial charge in [-0.05, 0) is 19.3 Å². The summed E-state index contributed by atoms with van der Waals surface area (Å²) in [6, 6.07) is 0. The smallest absolute Gasteiger partial charge is 0.219 e. The molecule has 0 aromatic rings. The maximum absolute atomic E-state index is 11.6. The van der Waals surface area contributed by atoms with Crippen LogP contribution in [0.4, 0.5) is 0 Å². The molecular formula is C16H34N2O+. The average molecular weight is 270 g/mol. The van der Waals surface area contributed by atoms with Crippen LogP contribution in [0.5, 0.6) is 0 Å². The number of nitrogens with one attached hydrogen (secondary N) is 1. The molecule has 0 spiro atoms. The highest BCUT2D eigenvalue weighted by Gasteiger charge is 2.07. The van der Waals surface area contributed by atoms with Crippen LogP contribution in [0.1, 0.15) is 64.7 Å². The molecule has 0 aliphatic heterocycles. The molecule has 0 aliphatic carbocycles. The summed E-state index contributed by atoms with van der Waals surface area (Å²) >= 11 is 0. The number of hydrogen-bond donors (Lipinski definition) is 1. The number of quaternary nitrogens is 1. The van der Waals surface area contributed by atoms with Crippen LogP contribution in [0.3, 0.4) is 0 Å². The highest BCUT2D eigenvalue weighted by atomic mass is 16.1. The SMILES string of the molecule is [CH2][N+](C)(C)CCCCC(=O)NCCCCCCCC. The fourth-order valence-electron chi connectivity index (χ4n) is 2.05. The molecule has 0 aromatic heterocycles. The summed E-state index contributed by atoms with van der Waals surface area (Å²) in [4.78, 5) is 11.6. The minimum Gasteiger partial charge on any atom is -0.356 e. The lowest BCUT2D eigenvalue weighted by Crippen LogP contribution is -2.33. The van der Waals surface area contributed by atoms with Crippen molar-refractivity contribution in [2.24, 2.45) is 0 Å². The van der Waals surface area contributed by atoms with Gasteiger partial charge in [0.2, 0.25) is 5.91 Å². The maximum Gasteiger partial charge on any atom is 0.219 e. The van der Waals surface area contributed by atoms with E-state index in [-0.39, 0.29) is 5.91 Å². The molecule has 3 heteroatoms. The van der Waals surface area contributed by atoms with Gasteiger partial charge >= 0.3 is 0 Å². The third-order valence-corrected chi connectivity index (χ3v) is 3.27. The zero-order chi connectivity index (χ0) is 14.6. The van der Waals surface area contributed by atoms with Crippen molar-refractivity contribution < 1.29 is 9.28 Å². The molecule has 0 bridgehead atoms. The van der Waals surface area contributed by atoms with Crippen molar-refractivity contribution >= 4 is 5.91 Å². The number of carbonyl (C=O) groups is 1. The second-order valence-corrected chi connectivity index (χ2v) is 6.23. The van der Waals surface area contributed by atoms with Crippen LogP contribution in [0.2, 0.25) is 0 Å². The zero-order valence-corrected chi connectivity index (χ0v) is 13.3. The number of amides is 1. The van der Waals surface area contributed by atoms with Gasteiger partial charge in [0.25, 0.3) is 0 Å². The monoisotopic (exact) mass is 270 g/mol. The van der Waals surface area contributed by atoms with Gasteiger partial charge in [0.1, 0.15) is 7.05 Å². The van der Waals surface area contributed by atoms with Gasteiger partial charge in [0, 0.05) is 13.0 Å². The molecule has 3 nitrogen and oxygen atoms in total. The van der Waals surface area contributed by atoms with E-state index in [2.05, 4.69) is 33.4 Å². The van der Waals surface area contributed by atoms with E-state index in [0.717, 1.165) is 36.8 Å². The lowest BCUT2D eigenvalue weighted by molar-refractivity contribution is -0.845. The van der Waals surface area contributed by atoms with Crippen molar-refractivity contribution in [1.82, 2.24) is 5.32 Å². The van der Waals surface area contributed by atoms with Gasteiger partial charge in [-0.25, -0.2) is 0 Å². The van der Waals surface area contributed by atoms with Gasteiger partial charge in [-0.1, -0.05) is 39.0 Å². The summed E-state index contributed by atoms with van der Waals surface area (Å²) in [5.74, 6) is 0.211. The number of unbranched alkanes of at least 4 members (excludes halogenated alkanes) is 6. The number of carbonyl (C=O) groups excluding carboxylic acids is 1.